The van der Waals surface area contributed by atoms with E-state index in [-0.39, 0.29) is 12.5 Å². The number of halogens is 1. The number of hydrogen-bond donors (Lipinski definition) is 1. The lowest BCUT2D eigenvalue weighted by Crippen LogP contribution is -2.44. The van der Waals surface area contributed by atoms with E-state index in [4.69, 9.17) is 16.7 Å². The Bertz CT molecular complexity index is 504. The Balaban J connectivity index is 1.68. The summed E-state index contributed by atoms with van der Waals surface area (Å²) in [5.41, 5.74) is 0.744. The predicted octanol–water partition coefficient (Wildman–Crippen LogP) is 3.89. The maximum Gasteiger partial charge on any atom is 0.254 e. The van der Waals surface area contributed by atoms with Crippen LogP contribution in [0.4, 0.5) is 0 Å². The van der Waals surface area contributed by atoms with Crippen molar-refractivity contribution in [2.45, 2.75) is 57.0 Å². The maximum atomic E-state index is 12.9. The van der Waals surface area contributed by atoms with Gasteiger partial charge in [-0.3, -0.25) is 4.79 Å². The van der Waals surface area contributed by atoms with Crippen molar-refractivity contribution in [3.8, 4) is 0 Å². The van der Waals surface area contributed by atoms with Gasteiger partial charge in [-0.15, -0.1) is 0 Å². The number of amides is 1. The standard InChI is InChI=1S/C18H24ClNO2/c19-15-5-3-14(4-6-15)18(22)20(17-9-10-17)16-7-1-13(2-8-16)11-12-21/h3-6,13,16-17,21H,1-2,7-12H2/t13-,16-. The van der Waals surface area contributed by atoms with Crippen molar-refractivity contribution < 1.29 is 9.90 Å². The predicted molar refractivity (Wildman–Crippen MR) is 88.1 cm³/mol. The second kappa shape index (κ2) is 7.01. The van der Waals surface area contributed by atoms with Crippen LogP contribution in [0.15, 0.2) is 24.3 Å². The molecule has 0 aliphatic heterocycles. The summed E-state index contributed by atoms with van der Waals surface area (Å²) in [6, 6.07) is 8.04. The van der Waals surface area contributed by atoms with E-state index in [0.717, 1.165) is 50.5 Å². The van der Waals surface area contributed by atoms with Gasteiger partial charge < -0.3 is 10.0 Å². The topological polar surface area (TPSA) is 40.5 Å². The first-order valence-corrected chi connectivity index (χ1v) is 8.76. The van der Waals surface area contributed by atoms with Gasteiger partial charge in [0.1, 0.15) is 0 Å². The van der Waals surface area contributed by atoms with E-state index in [0.29, 0.717) is 23.0 Å². The van der Waals surface area contributed by atoms with Crippen LogP contribution in [0.5, 0.6) is 0 Å². The fourth-order valence-electron chi connectivity index (χ4n) is 3.62. The van der Waals surface area contributed by atoms with Crippen LogP contribution in [0.3, 0.4) is 0 Å². The van der Waals surface area contributed by atoms with Gasteiger partial charge in [-0.1, -0.05) is 11.6 Å². The van der Waals surface area contributed by atoms with Crippen molar-refractivity contribution in [2.24, 2.45) is 5.92 Å². The molecule has 0 heterocycles. The lowest BCUT2D eigenvalue weighted by molar-refractivity contribution is 0.0578. The minimum Gasteiger partial charge on any atom is -0.396 e. The molecule has 2 fully saturated rings. The van der Waals surface area contributed by atoms with E-state index in [1.165, 1.54) is 0 Å². The molecule has 1 aromatic carbocycles. The number of aliphatic hydroxyl groups is 1. The molecule has 0 radical (unpaired) electrons. The number of nitrogens with zero attached hydrogens (tertiary/aromatic N) is 1. The molecule has 4 heteroatoms. The Morgan fingerprint density at radius 2 is 1.59 bits per heavy atom. The van der Waals surface area contributed by atoms with Crippen LogP contribution in [0.25, 0.3) is 0 Å². The third-order valence-electron chi connectivity index (χ3n) is 5.01. The van der Waals surface area contributed by atoms with Crippen molar-refractivity contribution in [3.63, 3.8) is 0 Å². The van der Waals surface area contributed by atoms with Crippen LogP contribution < -0.4 is 0 Å². The molecule has 0 aromatic heterocycles. The first kappa shape index (κ1) is 15.8. The average molecular weight is 322 g/mol. The number of aliphatic hydroxyl groups excluding tert-OH is 1. The highest BCUT2D eigenvalue weighted by atomic mass is 35.5. The molecule has 0 spiro atoms. The molecule has 0 bridgehead atoms. The Labute approximate surface area is 137 Å². The molecular weight excluding hydrogens is 298 g/mol. The zero-order chi connectivity index (χ0) is 15.5. The van der Waals surface area contributed by atoms with Gasteiger partial charge in [0.2, 0.25) is 0 Å². The number of benzene rings is 1. The molecule has 2 aliphatic carbocycles. The first-order chi connectivity index (χ1) is 10.7. The third-order valence-corrected chi connectivity index (χ3v) is 5.26. The molecule has 1 amide bonds. The summed E-state index contributed by atoms with van der Waals surface area (Å²) >= 11 is 5.92. The molecule has 0 saturated heterocycles. The van der Waals surface area contributed by atoms with E-state index < -0.39 is 0 Å². The fourth-order valence-corrected chi connectivity index (χ4v) is 3.74. The van der Waals surface area contributed by atoms with Crippen LogP contribution in [-0.4, -0.2) is 34.6 Å². The van der Waals surface area contributed by atoms with Gasteiger partial charge in [0.05, 0.1) is 0 Å². The average Bonchev–Trinajstić information content (AvgIpc) is 3.35. The quantitative estimate of drug-likeness (QED) is 0.894. The van der Waals surface area contributed by atoms with Crippen molar-refractivity contribution >= 4 is 17.5 Å². The van der Waals surface area contributed by atoms with Crippen LogP contribution in [-0.2, 0) is 0 Å². The molecule has 120 valence electrons. The Hall–Kier alpha value is -1.06. The highest BCUT2D eigenvalue weighted by Gasteiger charge is 2.39. The van der Waals surface area contributed by atoms with E-state index in [1.54, 1.807) is 12.1 Å². The summed E-state index contributed by atoms with van der Waals surface area (Å²) < 4.78 is 0. The van der Waals surface area contributed by atoms with Gasteiger partial charge >= 0.3 is 0 Å². The third kappa shape index (κ3) is 3.64. The van der Waals surface area contributed by atoms with Crippen molar-refractivity contribution in [1.82, 2.24) is 4.90 Å². The SMILES string of the molecule is O=C(c1ccc(Cl)cc1)N(C1CC1)[C@H]1CC[C@H](CCO)CC1. The largest absolute Gasteiger partial charge is 0.396 e. The summed E-state index contributed by atoms with van der Waals surface area (Å²) in [7, 11) is 0. The summed E-state index contributed by atoms with van der Waals surface area (Å²) in [5, 5.41) is 9.74. The molecule has 22 heavy (non-hydrogen) atoms. The van der Waals surface area contributed by atoms with Gasteiger partial charge in [-0.05, 0) is 75.1 Å². The monoisotopic (exact) mass is 321 g/mol. The summed E-state index contributed by atoms with van der Waals surface area (Å²) in [4.78, 5) is 15.0. The number of carbonyl (C=O) groups excluding carboxylic acids is 1. The summed E-state index contributed by atoms with van der Waals surface area (Å²) in [5.74, 6) is 0.790. The Kier molecular flexibility index (Phi) is 5.04. The lowest BCUT2D eigenvalue weighted by Gasteiger charge is -2.37. The van der Waals surface area contributed by atoms with Gasteiger partial charge in [0.15, 0.2) is 0 Å². The summed E-state index contributed by atoms with van der Waals surface area (Å²) in [6.07, 6.45) is 7.57. The fraction of sp³-hybridized carbons (Fsp3) is 0.611. The summed E-state index contributed by atoms with van der Waals surface area (Å²) in [6.45, 7) is 0.283. The Morgan fingerprint density at radius 3 is 2.09 bits per heavy atom. The zero-order valence-corrected chi connectivity index (χ0v) is 13.6. The smallest absolute Gasteiger partial charge is 0.254 e. The number of carbonyl (C=O) groups is 1. The molecular formula is C18H24ClNO2. The number of hydrogen-bond acceptors (Lipinski definition) is 2. The Morgan fingerprint density at radius 1 is 1.05 bits per heavy atom. The molecule has 1 N–H and O–H groups in total. The van der Waals surface area contributed by atoms with Crippen LogP contribution in [0.2, 0.25) is 5.02 Å². The van der Waals surface area contributed by atoms with Gasteiger partial charge in [-0.25, -0.2) is 0 Å². The maximum absolute atomic E-state index is 12.9. The highest BCUT2D eigenvalue weighted by molar-refractivity contribution is 6.30. The molecule has 1 aromatic rings. The van der Waals surface area contributed by atoms with E-state index in [1.807, 2.05) is 12.1 Å². The van der Waals surface area contributed by atoms with Gasteiger partial charge in [-0.2, -0.15) is 0 Å². The lowest BCUT2D eigenvalue weighted by atomic mass is 9.83. The van der Waals surface area contributed by atoms with Crippen molar-refractivity contribution in [1.29, 1.82) is 0 Å². The molecule has 0 unspecified atom stereocenters. The van der Waals surface area contributed by atoms with Gasteiger partial charge in [0, 0.05) is 29.3 Å². The second-order valence-electron chi connectivity index (χ2n) is 6.64. The zero-order valence-electron chi connectivity index (χ0n) is 12.9. The van der Waals surface area contributed by atoms with E-state index in [2.05, 4.69) is 4.90 Å². The van der Waals surface area contributed by atoms with Gasteiger partial charge in [0.25, 0.3) is 5.91 Å². The van der Waals surface area contributed by atoms with E-state index >= 15 is 0 Å². The van der Waals surface area contributed by atoms with Crippen molar-refractivity contribution in [3.05, 3.63) is 34.9 Å². The van der Waals surface area contributed by atoms with Crippen LogP contribution in [0, 0.1) is 5.92 Å². The second-order valence-corrected chi connectivity index (χ2v) is 7.07. The molecule has 2 aliphatic rings. The minimum atomic E-state index is 0.157. The molecule has 2 saturated carbocycles. The molecule has 3 rings (SSSR count). The highest BCUT2D eigenvalue weighted by Crippen LogP contribution is 2.37. The van der Waals surface area contributed by atoms with Crippen molar-refractivity contribution in [2.75, 3.05) is 6.61 Å². The normalized spacial score (nSPS) is 25.0. The molecule has 0 atom stereocenters. The van der Waals surface area contributed by atoms with Crippen LogP contribution in [0.1, 0.15) is 55.3 Å². The van der Waals surface area contributed by atoms with E-state index in [9.17, 15) is 4.79 Å². The number of rotatable bonds is 5. The first-order valence-electron chi connectivity index (χ1n) is 8.38. The van der Waals surface area contributed by atoms with Crippen LogP contribution >= 0.6 is 11.6 Å². The minimum absolute atomic E-state index is 0.157. The molecule has 3 nitrogen and oxygen atoms in total.